The lowest BCUT2D eigenvalue weighted by molar-refractivity contribution is -0.140. The fourth-order valence-corrected chi connectivity index (χ4v) is 2.20. The molecule has 0 saturated heterocycles. The number of benzene rings is 1. The lowest BCUT2D eigenvalue weighted by Gasteiger charge is -2.29. The Labute approximate surface area is 134 Å². The van der Waals surface area contributed by atoms with E-state index in [9.17, 15) is 9.90 Å². The molecule has 1 rings (SSSR count). The van der Waals surface area contributed by atoms with Gasteiger partial charge in [-0.1, -0.05) is 32.9 Å². The second kappa shape index (κ2) is 8.66. The summed E-state index contributed by atoms with van der Waals surface area (Å²) in [6.45, 7) is 11.4. The first kappa shape index (κ1) is 18.3. The lowest BCUT2D eigenvalue weighted by Crippen LogP contribution is -2.33. The number of para-hydroxylation sites is 2. The molecule has 0 saturated carbocycles. The molecule has 0 fully saturated rings. The third kappa shape index (κ3) is 5.96. The van der Waals surface area contributed by atoms with Gasteiger partial charge in [-0.25, -0.2) is 0 Å². The van der Waals surface area contributed by atoms with Gasteiger partial charge in [-0.2, -0.15) is 0 Å². The molecule has 1 aromatic carbocycles. The molecule has 0 aliphatic rings. The molecule has 124 valence electrons. The number of carbonyl (C=O) groups is 1. The maximum atomic E-state index is 11.2. The third-order valence-electron chi connectivity index (χ3n) is 3.46. The Hall–Kier alpha value is -1.71. The van der Waals surface area contributed by atoms with Crippen LogP contribution in [0, 0.1) is 11.8 Å². The Morgan fingerprint density at radius 3 is 2.36 bits per heavy atom. The zero-order chi connectivity index (χ0) is 16.7. The highest BCUT2D eigenvalue weighted by molar-refractivity contribution is 5.71. The number of aliphatic carboxylic acids is 1. The zero-order valence-corrected chi connectivity index (χ0v) is 14.4. The third-order valence-corrected chi connectivity index (χ3v) is 3.46. The minimum absolute atomic E-state index is 0.0880. The molecule has 1 aromatic rings. The van der Waals surface area contributed by atoms with Gasteiger partial charge in [0, 0.05) is 13.1 Å². The van der Waals surface area contributed by atoms with Crippen molar-refractivity contribution in [1.29, 1.82) is 0 Å². The Morgan fingerprint density at radius 1 is 1.18 bits per heavy atom. The van der Waals surface area contributed by atoms with E-state index >= 15 is 0 Å². The average Bonchev–Trinajstić information content (AvgIpc) is 2.43. The molecule has 1 N–H and O–H groups in total. The molecule has 0 aliphatic heterocycles. The van der Waals surface area contributed by atoms with E-state index in [1.807, 2.05) is 38.1 Å². The van der Waals surface area contributed by atoms with Crippen molar-refractivity contribution in [3.05, 3.63) is 24.3 Å². The van der Waals surface area contributed by atoms with Gasteiger partial charge in [0.05, 0.1) is 17.7 Å². The van der Waals surface area contributed by atoms with Gasteiger partial charge in [-0.3, -0.25) is 4.79 Å². The van der Waals surface area contributed by atoms with Crippen LogP contribution >= 0.6 is 0 Å². The van der Waals surface area contributed by atoms with E-state index in [4.69, 9.17) is 4.74 Å². The van der Waals surface area contributed by atoms with Crippen LogP contribution in [-0.2, 0) is 4.79 Å². The standard InChI is InChI=1S/C18H29NO3/c1-13(2)10-11-19(12-15(5)18(20)21)16-8-6-7-9-17(16)22-14(3)4/h6-9,13-15H,10-12H2,1-5H3,(H,20,21). The molecule has 4 nitrogen and oxygen atoms in total. The normalized spacial score (nSPS) is 12.5. The van der Waals surface area contributed by atoms with Crippen LogP contribution in [-0.4, -0.2) is 30.3 Å². The maximum absolute atomic E-state index is 11.2. The Morgan fingerprint density at radius 2 is 1.82 bits per heavy atom. The van der Waals surface area contributed by atoms with E-state index in [0.717, 1.165) is 24.4 Å². The summed E-state index contributed by atoms with van der Waals surface area (Å²) in [7, 11) is 0. The number of anilines is 1. The van der Waals surface area contributed by atoms with Gasteiger partial charge in [0.15, 0.2) is 0 Å². The van der Waals surface area contributed by atoms with Crippen LogP contribution in [0.15, 0.2) is 24.3 Å². The fraction of sp³-hybridized carbons (Fsp3) is 0.611. The molecule has 1 atom stereocenters. The lowest BCUT2D eigenvalue weighted by atomic mass is 10.1. The predicted molar refractivity (Wildman–Crippen MR) is 90.7 cm³/mol. The summed E-state index contributed by atoms with van der Waals surface area (Å²) in [4.78, 5) is 13.3. The topological polar surface area (TPSA) is 49.8 Å². The van der Waals surface area contributed by atoms with Crippen molar-refractivity contribution in [3.63, 3.8) is 0 Å². The van der Waals surface area contributed by atoms with E-state index in [-0.39, 0.29) is 6.10 Å². The van der Waals surface area contributed by atoms with Crippen molar-refractivity contribution in [2.45, 2.75) is 47.1 Å². The van der Waals surface area contributed by atoms with Crippen molar-refractivity contribution in [3.8, 4) is 5.75 Å². The first-order valence-electron chi connectivity index (χ1n) is 8.04. The monoisotopic (exact) mass is 307 g/mol. The largest absolute Gasteiger partial charge is 0.489 e. The molecule has 0 heterocycles. The van der Waals surface area contributed by atoms with Crippen LogP contribution < -0.4 is 9.64 Å². The van der Waals surface area contributed by atoms with Gasteiger partial charge in [0.25, 0.3) is 0 Å². The van der Waals surface area contributed by atoms with E-state index in [1.165, 1.54) is 0 Å². The minimum Gasteiger partial charge on any atom is -0.489 e. The van der Waals surface area contributed by atoms with Crippen molar-refractivity contribution in [2.75, 3.05) is 18.0 Å². The number of carboxylic acids is 1. The Bertz CT molecular complexity index is 471. The van der Waals surface area contributed by atoms with Crippen LogP contribution in [0.1, 0.15) is 41.0 Å². The summed E-state index contributed by atoms with van der Waals surface area (Å²) in [6.07, 6.45) is 1.10. The summed E-state index contributed by atoms with van der Waals surface area (Å²) in [5, 5.41) is 9.21. The van der Waals surface area contributed by atoms with Gasteiger partial charge in [0.2, 0.25) is 0 Å². The second-order valence-electron chi connectivity index (χ2n) is 6.50. The summed E-state index contributed by atoms with van der Waals surface area (Å²) in [5.74, 6) is 0.204. The molecule has 0 aliphatic carbocycles. The number of ether oxygens (including phenoxy) is 1. The van der Waals surface area contributed by atoms with Crippen molar-refractivity contribution >= 4 is 11.7 Å². The quantitative estimate of drug-likeness (QED) is 0.748. The Balaban J connectivity index is 3.00. The Kier molecular flexibility index (Phi) is 7.22. The van der Waals surface area contributed by atoms with Crippen molar-refractivity contribution < 1.29 is 14.6 Å². The van der Waals surface area contributed by atoms with Crippen LogP contribution in [0.4, 0.5) is 5.69 Å². The highest BCUT2D eigenvalue weighted by Gasteiger charge is 2.19. The molecule has 1 unspecified atom stereocenters. The number of carboxylic acid groups (broad SMARTS) is 1. The van der Waals surface area contributed by atoms with Gasteiger partial charge < -0.3 is 14.7 Å². The van der Waals surface area contributed by atoms with Crippen molar-refractivity contribution in [1.82, 2.24) is 0 Å². The number of rotatable bonds is 9. The molecule has 4 heteroatoms. The highest BCUT2D eigenvalue weighted by atomic mass is 16.5. The van der Waals surface area contributed by atoms with Crippen LogP contribution in [0.2, 0.25) is 0 Å². The average molecular weight is 307 g/mol. The molecule has 0 aromatic heterocycles. The van der Waals surface area contributed by atoms with Crippen LogP contribution in [0.3, 0.4) is 0 Å². The second-order valence-corrected chi connectivity index (χ2v) is 6.50. The molecular formula is C18H29NO3. The first-order valence-corrected chi connectivity index (χ1v) is 8.04. The smallest absolute Gasteiger partial charge is 0.308 e. The van der Waals surface area contributed by atoms with E-state index in [2.05, 4.69) is 18.7 Å². The van der Waals surface area contributed by atoms with Gasteiger partial charge in [-0.05, 0) is 38.3 Å². The predicted octanol–water partition coefficient (Wildman–Crippen LogP) is 4.05. The molecule has 0 spiro atoms. The van der Waals surface area contributed by atoms with Gasteiger partial charge >= 0.3 is 5.97 Å². The van der Waals surface area contributed by atoms with Crippen molar-refractivity contribution in [2.24, 2.45) is 11.8 Å². The summed E-state index contributed by atoms with van der Waals surface area (Å²) in [5.41, 5.74) is 0.977. The number of nitrogens with zero attached hydrogens (tertiary/aromatic N) is 1. The molecule has 0 amide bonds. The number of hydrogen-bond acceptors (Lipinski definition) is 3. The van der Waals surface area contributed by atoms with Crippen LogP contribution in [0.5, 0.6) is 5.75 Å². The van der Waals surface area contributed by atoms with Gasteiger partial charge in [0.1, 0.15) is 5.75 Å². The van der Waals surface area contributed by atoms with E-state index in [1.54, 1.807) is 6.92 Å². The summed E-state index contributed by atoms with van der Waals surface area (Å²) < 4.78 is 5.89. The van der Waals surface area contributed by atoms with Crippen LogP contribution in [0.25, 0.3) is 0 Å². The molecular weight excluding hydrogens is 278 g/mol. The summed E-state index contributed by atoms with van der Waals surface area (Å²) in [6, 6.07) is 7.87. The fourth-order valence-electron chi connectivity index (χ4n) is 2.20. The minimum atomic E-state index is -0.767. The van der Waals surface area contributed by atoms with Gasteiger partial charge in [-0.15, -0.1) is 0 Å². The van der Waals surface area contributed by atoms with E-state index < -0.39 is 11.9 Å². The first-order chi connectivity index (χ1) is 10.3. The summed E-state index contributed by atoms with van der Waals surface area (Å²) >= 11 is 0. The SMILES string of the molecule is CC(C)CCN(CC(C)C(=O)O)c1ccccc1OC(C)C. The maximum Gasteiger partial charge on any atom is 0.308 e. The molecule has 0 radical (unpaired) electrons. The molecule has 22 heavy (non-hydrogen) atoms. The van der Waals surface area contributed by atoms with E-state index in [0.29, 0.717) is 12.5 Å². The molecule has 0 bridgehead atoms. The highest BCUT2D eigenvalue weighted by Crippen LogP contribution is 2.30. The zero-order valence-electron chi connectivity index (χ0n) is 14.4. The number of hydrogen-bond donors (Lipinski definition) is 1.